The maximum atomic E-state index is 5.97. The molecule has 0 aromatic heterocycles. The molecule has 0 saturated heterocycles. The molecule has 23 heavy (non-hydrogen) atoms. The minimum atomic E-state index is 0.308. The molecule has 3 nitrogen and oxygen atoms in total. The maximum absolute atomic E-state index is 5.97. The number of benzene rings is 2. The van der Waals surface area contributed by atoms with Gasteiger partial charge in [-0.2, -0.15) is 0 Å². The Morgan fingerprint density at radius 1 is 0.957 bits per heavy atom. The van der Waals surface area contributed by atoms with Crippen LogP contribution in [0.4, 0.5) is 0 Å². The highest BCUT2D eigenvalue weighted by Crippen LogP contribution is 2.19. The summed E-state index contributed by atoms with van der Waals surface area (Å²) in [5.41, 5.74) is 2.37. The predicted molar refractivity (Wildman–Crippen MR) is 94.6 cm³/mol. The fourth-order valence-corrected chi connectivity index (χ4v) is 2.27. The van der Waals surface area contributed by atoms with Crippen molar-refractivity contribution < 1.29 is 9.47 Å². The van der Waals surface area contributed by atoms with Gasteiger partial charge in [0.05, 0.1) is 6.10 Å². The fraction of sp³-hybridized carbons (Fsp3) is 0.400. The monoisotopic (exact) mass is 313 g/mol. The molecule has 0 aliphatic carbocycles. The van der Waals surface area contributed by atoms with Gasteiger partial charge in [-0.3, -0.25) is 0 Å². The number of hydrogen-bond acceptors (Lipinski definition) is 3. The molecule has 0 fully saturated rings. The van der Waals surface area contributed by atoms with Crippen molar-refractivity contribution in [2.45, 2.75) is 39.5 Å². The second kappa shape index (κ2) is 10.0. The van der Waals surface area contributed by atoms with Crippen LogP contribution in [-0.4, -0.2) is 19.3 Å². The van der Waals surface area contributed by atoms with E-state index < -0.39 is 0 Å². The Kier molecular flexibility index (Phi) is 7.64. The minimum Gasteiger partial charge on any atom is -0.489 e. The maximum Gasteiger partial charge on any atom is 0.124 e. The van der Waals surface area contributed by atoms with Gasteiger partial charge in [-0.25, -0.2) is 0 Å². The molecule has 124 valence electrons. The van der Waals surface area contributed by atoms with Gasteiger partial charge in [-0.1, -0.05) is 48.5 Å². The smallest absolute Gasteiger partial charge is 0.124 e. The first-order valence-electron chi connectivity index (χ1n) is 8.32. The molecule has 0 saturated carbocycles. The van der Waals surface area contributed by atoms with Crippen LogP contribution in [0.3, 0.4) is 0 Å². The second-order valence-electron chi connectivity index (χ2n) is 5.83. The van der Waals surface area contributed by atoms with Crippen molar-refractivity contribution in [3.05, 3.63) is 65.7 Å². The minimum absolute atomic E-state index is 0.308. The predicted octanol–water partition coefficient (Wildman–Crippen LogP) is 4.17. The van der Waals surface area contributed by atoms with Gasteiger partial charge in [-0.05, 0) is 38.4 Å². The largest absolute Gasteiger partial charge is 0.489 e. The van der Waals surface area contributed by atoms with E-state index in [1.165, 1.54) is 11.1 Å². The molecule has 1 N–H and O–H groups in total. The molecular formula is C20H27NO2. The van der Waals surface area contributed by atoms with Crippen LogP contribution in [0.5, 0.6) is 5.75 Å². The van der Waals surface area contributed by atoms with Crippen molar-refractivity contribution in [3.8, 4) is 5.75 Å². The lowest BCUT2D eigenvalue weighted by Crippen LogP contribution is -2.17. The summed E-state index contributed by atoms with van der Waals surface area (Å²) in [6.07, 6.45) is 1.33. The second-order valence-corrected chi connectivity index (χ2v) is 5.83. The van der Waals surface area contributed by atoms with Crippen molar-refractivity contribution in [2.75, 3.05) is 13.2 Å². The Labute approximate surface area is 139 Å². The van der Waals surface area contributed by atoms with E-state index in [1.807, 2.05) is 36.4 Å². The molecule has 2 aromatic carbocycles. The first-order chi connectivity index (χ1) is 11.3. The molecule has 2 aromatic rings. The summed E-state index contributed by atoms with van der Waals surface area (Å²) in [6, 6.07) is 18.4. The van der Waals surface area contributed by atoms with Gasteiger partial charge >= 0.3 is 0 Å². The van der Waals surface area contributed by atoms with Crippen LogP contribution < -0.4 is 10.1 Å². The molecule has 0 atom stereocenters. The quantitative estimate of drug-likeness (QED) is 0.668. The highest BCUT2D eigenvalue weighted by Gasteiger charge is 2.03. The number of nitrogens with one attached hydrogen (secondary N) is 1. The van der Waals surface area contributed by atoms with E-state index >= 15 is 0 Å². The summed E-state index contributed by atoms with van der Waals surface area (Å²) in [5, 5.41) is 3.45. The normalized spacial score (nSPS) is 10.9. The number of hydrogen-bond donors (Lipinski definition) is 1. The van der Waals surface area contributed by atoms with Crippen LogP contribution in [-0.2, 0) is 17.9 Å². The Balaban J connectivity index is 1.76. The van der Waals surface area contributed by atoms with E-state index in [2.05, 4.69) is 37.4 Å². The van der Waals surface area contributed by atoms with Crippen LogP contribution in [0.15, 0.2) is 54.6 Å². The first kappa shape index (κ1) is 17.5. The van der Waals surface area contributed by atoms with Crippen molar-refractivity contribution in [3.63, 3.8) is 0 Å². The van der Waals surface area contributed by atoms with Gasteiger partial charge in [0.2, 0.25) is 0 Å². The Morgan fingerprint density at radius 3 is 2.48 bits per heavy atom. The average Bonchev–Trinajstić information content (AvgIpc) is 2.57. The summed E-state index contributed by atoms with van der Waals surface area (Å²) in [7, 11) is 0. The van der Waals surface area contributed by atoms with Crippen molar-refractivity contribution in [1.29, 1.82) is 0 Å². The molecule has 0 spiro atoms. The average molecular weight is 313 g/mol. The lowest BCUT2D eigenvalue weighted by atomic mass is 10.2. The molecule has 0 aliphatic heterocycles. The van der Waals surface area contributed by atoms with Crippen LogP contribution in [0.25, 0.3) is 0 Å². The van der Waals surface area contributed by atoms with Gasteiger partial charge in [-0.15, -0.1) is 0 Å². The summed E-state index contributed by atoms with van der Waals surface area (Å²) < 4.78 is 11.5. The van der Waals surface area contributed by atoms with E-state index in [4.69, 9.17) is 9.47 Å². The molecule has 0 bridgehead atoms. The van der Waals surface area contributed by atoms with Gasteiger partial charge in [0.15, 0.2) is 0 Å². The molecule has 2 rings (SSSR count). The van der Waals surface area contributed by atoms with E-state index in [9.17, 15) is 0 Å². The topological polar surface area (TPSA) is 30.5 Å². The Morgan fingerprint density at radius 2 is 1.70 bits per heavy atom. The third-order valence-corrected chi connectivity index (χ3v) is 3.47. The molecular weight excluding hydrogens is 286 g/mol. The highest BCUT2D eigenvalue weighted by molar-refractivity contribution is 5.33. The fourth-order valence-electron chi connectivity index (χ4n) is 2.27. The van der Waals surface area contributed by atoms with E-state index in [1.54, 1.807) is 0 Å². The van der Waals surface area contributed by atoms with E-state index in [0.29, 0.717) is 12.7 Å². The van der Waals surface area contributed by atoms with Crippen LogP contribution in [0.1, 0.15) is 31.4 Å². The zero-order chi connectivity index (χ0) is 16.3. The Bertz CT molecular complexity index is 555. The van der Waals surface area contributed by atoms with Crippen LogP contribution in [0.2, 0.25) is 0 Å². The molecule has 0 amide bonds. The van der Waals surface area contributed by atoms with Crippen molar-refractivity contribution in [1.82, 2.24) is 5.32 Å². The zero-order valence-corrected chi connectivity index (χ0v) is 14.1. The van der Waals surface area contributed by atoms with Gasteiger partial charge in [0.1, 0.15) is 12.4 Å². The summed E-state index contributed by atoms with van der Waals surface area (Å²) in [6.45, 7) is 7.28. The lowest BCUT2D eigenvalue weighted by Gasteiger charge is -2.13. The van der Waals surface area contributed by atoms with Crippen molar-refractivity contribution in [2.24, 2.45) is 0 Å². The zero-order valence-electron chi connectivity index (χ0n) is 14.1. The number of para-hydroxylation sites is 1. The number of rotatable bonds is 10. The van der Waals surface area contributed by atoms with Gasteiger partial charge in [0, 0.05) is 18.7 Å². The third kappa shape index (κ3) is 6.85. The lowest BCUT2D eigenvalue weighted by molar-refractivity contribution is 0.0770. The Hall–Kier alpha value is -1.84. The molecule has 0 radical (unpaired) electrons. The molecule has 0 heterocycles. The van der Waals surface area contributed by atoms with Gasteiger partial charge in [0.25, 0.3) is 0 Å². The summed E-state index contributed by atoms with van der Waals surface area (Å²) in [5.74, 6) is 0.947. The molecule has 0 unspecified atom stereocenters. The molecule has 0 aliphatic rings. The highest BCUT2D eigenvalue weighted by atomic mass is 16.5. The SMILES string of the molecule is CC(C)OCCCNCc1ccccc1OCc1ccccc1. The van der Waals surface area contributed by atoms with Crippen LogP contribution in [0, 0.1) is 0 Å². The third-order valence-electron chi connectivity index (χ3n) is 3.47. The first-order valence-corrected chi connectivity index (χ1v) is 8.32. The van der Waals surface area contributed by atoms with Gasteiger partial charge < -0.3 is 14.8 Å². The van der Waals surface area contributed by atoms with Crippen molar-refractivity contribution >= 4 is 0 Å². The standard InChI is InChI=1S/C20H27NO2/c1-17(2)22-14-8-13-21-15-19-11-6-7-12-20(19)23-16-18-9-4-3-5-10-18/h3-7,9-12,17,21H,8,13-16H2,1-2H3. The number of ether oxygens (including phenoxy) is 2. The molecule has 3 heteroatoms. The summed E-state index contributed by atoms with van der Waals surface area (Å²) >= 11 is 0. The van der Waals surface area contributed by atoms with E-state index in [-0.39, 0.29) is 0 Å². The summed E-state index contributed by atoms with van der Waals surface area (Å²) in [4.78, 5) is 0. The van der Waals surface area contributed by atoms with Crippen LogP contribution >= 0.6 is 0 Å². The van der Waals surface area contributed by atoms with E-state index in [0.717, 1.165) is 31.9 Å².